The van der Waals surface area contributed by atoms with Crippen molar-refractivity contribution in [1.82, 2.24) is 15.6 Å². The number of nitrogens with zero attached hydrogens (tertiary/aromatic N) is 3. The number of aromatic nitrogens is 2. The fourth-order valence-electron chi connectivity index (χ4n) is 2.27. The molecule has 0 aliphatic carbocycles. The van der Waals surface area contributed by atoms with Gasteiger partial charge in [-0.3, -0.25) is 20.0 Å². The van der Waals surface area contributed by atoms with Crippen LogP contribution in [0.15, 0.2) is 29.4 Å². The van der Waals surface area contributed by atoms with Gasteiger partial charge in [-0.05, 0) is 50.5 Å². The zero-order valence-electron chi connectivity index (χ0n) is 13.8. The van der Waals surface area contributed by atoms with Crippen LogP contribution in [0.1, 0.15) is 35.9 Å². The van der Waals surface area contributed by atoms with E-state index in [0.717, 1.165) is 17.0 Å². The highest BCUT2D eigenvalue weighted by atomic mass is 16.6. The normalized spacial score (nSPS) is 11.4. The number of benzene rings is 1. The third kappa shape index (κ3) is 4.25. The van der Waals surface area contributed by atoms with Gasteiger partial charge < -0.3 is 0 Å². The molecule has 0 radical (unpaired) electrons. The number of carbonyl (C=O) groups is 1. The van der Waals surface area contributed by atoms with Crippen molar-refractivity contribution >= 4 is 17.3 Å². The van der Waals surface area contributed by atoms with Crippen molar-refractivity contribution in [2.75, 3.05) is 0 Å². The molecular formula is C16H19N5O3. The largest absolute Gasteiger partial charge is 0.282 e. The maximum absolute atomic E-state index is 11.9. The van der Waals surface area contributed by atoms with Gasteiger partial charge >= 0.3 is 0 Å². The zero-order valence-corrected chi connectivity index (χ0v) is 13.8. The van der Waals surface area contributed by atoms with Gasteiger partial charge in [0.2, 0.25) is 5.91 Å². The molecule has 0 bridgehead atoms. The number of nitrogens with one attached hydrogen (secondary N) is 2. The molecule has 2 aromatic rings. The molecule has 24 heavy (non-hydrogen) atoms. The van der Waals surface area contributed by atoms with Crippen molar-refractivity contribution in [3.8, 4) is 0 Å². The van der Waals surface area contributed by atoms with Crippen LogP contribution in [0.25, 0.3) is 0 Å². The van der Waals surface area contributed by atoms with Crippen LogP contribution in [0.2, 0.25) is 0 Å². The standard InChI is InChI=1S/C16H19N5O3/c1-10(13-4-6-14(7-5-13)21(23)24)17-20-16(22)9-8-15-11(2)18-19-12(15)3/h4-7H,8-9H2,1-3H3,(H,18,19)(H,20,22)/b17-10-. The van der Waals surface area contributed by atoms with E-state index < -0.39 is 4.92 Å². The highest BCUT2D eigenvalue weighted by Crippen LogP contribution is 2.13. The van der Waals surface area contributed by atoms with Crippen molar-refractivity contribution in [3.05, 3.63) is 56.9 Å². The predicted octanol–water partition coefficient (Wildman–Crippen LogP) is 2.41. The summed E-state index contributed by atoms with van der Waals surface area (Å²) in [5.74, 6) is -0.198. The third-order valence-electron chi connectivity index (χ3n) is 3.73. The predicted molar refractivity (Wildman–Crippen MR) is 89.8 cm³/mol. The van der Waals surface area contributed by atoms with E-state index in [4.69, 9.17) is 0 Å². The summed E-state index contributed by atoms with van der Waals surface area (Å²) in [6.45, 7) is 5.55. The van der Waals surface area contributed by atoms with Crippen molar-refractivity contribution in [3.63, 3.8) is 0 Å². The van der Waals surface area contributed by atoms with Crippen molar-refractivity contribution in [1.29, 1.82) is 0 Å². The summed E-state index contributed by atoms with van der Waals surface area (Å²) >= 11 is 0. The Hall–Kier alpha value is -3.03. The number of aromatic amines is 1. The lowest BCUT2D eigenvalue weighted by Gasteiger charge is -2.04. The zero-order chi connectivity index (χ0) is 17.7. The summed E-state index contributed by atoms with van der Waals surface area (Å²) in [6.07, 6.45) is 0.893. The fourth-order valence-corrected chi connectivity index (χ4v) is 2.27. The lowest BCUT2D eigenvalue weighted by molar-refractivity contribution is -0.384. The van der Waals surface area contributed by atoms with Crippen LogP contribution >= 0.6 is 0 Å². The summed E-state index contributed by atoms with van der Waals surface area (Å²) in [4.78, 5) is 22.1. The number of nitro groups is 1. The number of hydrazone groups is 1. The Morgan fingerprint density at radius 1 is 1.33 bits per heavy atom. The maximum Gasteiger partial charge on any atom is 0.269 e. The van der Waals surface area contributed by atoms with Crippen LogP contribution < -0.4 is 5.43 Å². The molecule has 126 valence electrons. The summed E-state index contributed by atoms with van der Waals surface area (Å²) in [6, 6.07) is 6.00. The molecule has 0 unspecified atom stereocenters. The van der Waals surface area contributed by atoms with E-state index in [1.807, 2.05) is 13.8 Å². The van der Waals surface area contributed by atoms with Crippen LogP contribution in [-0.4, -0.2) is 26.7 Å². The molecule has 0 spiro atoms. The molecule has 0 fully saturated rings. The first-order chi connectivity index (χ1) is 11.4. The van der Waals surface area contributed by atoms with Crippen LogP contribution in [0.4, 0.5) is 5.69 Å². The molecule has 2 N–H and O–H groups in total. The van der Waals surface area contributed by atoms with Gasteiger partial charge in [-0.15, -0.1) is 0 Å². The fraction of sp³-hybridized carbons (Fsp3) is 0.312. The smallest absolute Gasteiger partial charge is 0.269 e. The van der Waals surface area contributed by atoms with Crippen LogP contribution in [-0.2, 0) is 11.2 Å². The van der Waals surface area contributed by atoms with Crippen molar-refractivity contribution < 1.29 is 9.72 Å². The first-order valence-corrected chi connectivity index (χ1v) is 7.47. The summed E-state index contributed by atoms with van der Waals surface area (Å²) in [5, 5.41) is 21.6. The van der Waals surface area contributed by atoms with E-state index >= 15 is 0 Å². The maximum atomic E-state index is 11.9. The molecule has 8 nitrogen and oxygen atoms in total. The quantitative estimate of drug-likeness (QED) is 0.481. The van der Waals surface area contributed by atoms with E-state index in [1.54, 1.807) is 19.1 Å². The van der Waals surface area contributed by atoms with Crippen molar-refractivity contribution in [2.45, 2.75) is 33.6 Å². The first-order valence-electron chi connectivity index (χ1n) is 7.47. The number of aryl methyl sites for hydroxylation is 2. The van der Waals surface area contributed by atoms with Crippen molar-refractivity contribution in [2.24, 2.45) is 5.10 Å². The Labute approximate surface area is 139 Å². The number of rotatable bonds is 6. The Morgan fingerprint density at radius 3 is 2.54 bits per heavy atom. The molecule has 1 aromatic carbocycles. The van der Waals surface area contributed by atoms with Crippen LogP contribution in [0.5, 0.6) is 0 Å². The van der Waals surface area contributed by atoms with Gasteiger partial charge in [-0.1, -0.05) is 0 Å². The monoisotopic (exact) mass is 329 g/mol. The molecule has 0 aliphatic rings. The summed E-state index contributed by atoms with van der Waals surface area (Å²) in [7, 11) is 0. The Balaban J connectivity index is 1.91. The second kappa shape index (κ2) is 7.49. The number of hydrogen-bond acceptors (Lipinski definition) is 5. The Morgan fingerprint density at radius 2 is 2.00 bits per heavy atom. The summed E-state index contributed by atoms with van der Waals surface area (Å²) in [5.41, 5.74) is 6.71. The number of hydrogen-bond donors (Lipinski definition) is 2. The minimum absolute atomic E-state index is 0.0152. The van der Waals surface area contributed by atoms with E-state index in [1.165, 1.54) is 12.1 Å². The molecule has 0 saturated carbocycles. The third-order valence-corrected chi connectivity index (χ3v) is 3.73. The molecule has 2 rings (SSSR count). The second-order valence-electron chi connectivity index (χ2n) is 5.45. The van der Waals surface area contributed by atoms with Gasteiger partial charge in [-0.2, -0.15) is 10.2 Å². The first kappa shape index (κ1) is 17.3. The van der Waals surface area contributed by atoms with E-state index in [-0.39, 0.29) is 11.6 Å². The van der Waals surface area contributed by atoms with E-state index in [0.29, 0.717) is 24.1 Å². The highest BCUT2D eigenvalue weighted by molar-refractivity contribution is 5.99. The number of nitro benzene ring substituents is 1. The number of amides is 1. The molecule has 0 atom stereocenters. The average molecular weight is 329 g/mol. The molecule has 0 aliphatic heterocycles. The molecule has 8 heteroatoms. The van der Waals surface area contributed by atoms with Crippen LogP contribution in [0, 0.1) is 24.0 Å². The molecule has 1 aromatic heterocycles. The van der Waals surface area contributed by atoms with Gasteiger partial charge in [0.1, 0.15) is 0 Å². The SMILES string of the molecule is C/C(=N/NC(=O)CCc1c(C)n[nH]c1C)c1ccc([N+](=O)[O-])cc1. The topological polar surface area (TPSA) is 113 Å². The Bertz CT molecular complexity index is 758. The number of non-ortho nitro benzene ring substituents is 1. The van der Waals surface area contributed by atoms with Crippen LogP contribution in [0.3, 0.4) is 0 Å². The Kier molecular flexibility index (Phi) is 5.41. The lowest BCUT2D eigenvalue weighted by Crippen LogP contribution is -2.19. The van der Waals surface area contributed by atoms with Gasteiger partial charge in [-0.25, -0.2) is 5.43 Å². The van der Waals surface area contributed by atoms with Gasteiger partial charge in [0.15, 0.2) is 0 Å². The second-order valence-corrected chi connectivity index (χ2v) is 5.45. The average Bonchev–Trinajstić information content (AvgIpc) is 2.89. The molecule has 1 amide bonds. The highest BCUT2D eigenvalue weighted by Gasteiger charge is 2.09. The van der Waals surface area contributed by atoms with E-state index in [9.17, 15) is 14.9 Å². The summed E-state index contributed by atoms with van der Waals surface area (Å²) < 4.78 is 0. The van der Waals surface area contributed by atoms with Gasteiger partial charge in [0.25, 0.3) is 5.69 Å². The number of carbonyl (C=O) groups excluding carboxylic acids is 1. The van der Waals surface area contributed by atoms with Gasteiger partial charge in [0.05, 0.1) is 16.3 Å². The molecule has 1 heterocycles. The molecular weight excluding hydrogens is 310 g/mol. The minimum atomic E-state index is -0.460. The molecule has 0 saturated heterocycles. The minimum Gasteiger partial charge on any atom is -0.282 e. The lowest BCUT2D eigenvalue weighted by atomic mass is 10.1. The van der Waals surface area contributed by atoms with E-state index in [2.05, 4.69) is 20.7 Å². The van der Waals surface area contributed by atoms with Gasteiger partial charge in [0, 0.05) is 24.2 Å². The number of H-pyrrole nitrogens is 1.